The summed E-state index contributed by atoms with van der Waals surface area (Å²) in [5, 5.41) is 3.41. The molecular weight excluding hydrogens is 238 g/mol. The van der Waals surface area contributed by atoms with Crippen LogP contribution in [0.25, 0.3) is 4.85 Å². The number of ether oxygens (including phenoxy) is 1. The van der Waals surface area contributed by atoms with Gasteiger partial charge in [-0.05, 0) is 18.1 Å². The second kappa shape index (κ2) is 5.30. The quantitative estimate of drug-likeness (QED) is 0.779. The first-order valence-electron chi connectivity index (χ1n) is 6.82. The van der Waals surface area contributed by atoms with E-state index in [0.717, 1.165) is 44.0 Å². The predicted octanol–water partition coefficient (Wildman–Crippen LogP) is 1.89. The van der Waals surface area contributed by atoms with Crippen molar-refractivity contribution in [1.82, 2.24) is 10.2 Å². The summed E-state index contributed by atoms with van der Waals surface area (Å²) in [5.74, 6) is 0. The average molecular weight is 257 g/mol. The minimum Gasteiger partial charge on any atom is -0.371 e. The van der Waals surface area contributed by atoms with Gasteiger partial charge in [-0.25, -0.2) is 4.85 Å². The van der Waals surface area contributed by atoms with Crippen LogP contribution in [0.4, 0.5) is 5.69 Å². The van der Waals surface area contributed by atoms with E-state index in [1.807, 2.05) is 19.1 Å². The van der Waals surface area contributed by atoms with Crippen LogP contribution in [0, 0.1) is 13.5 Å². The lowest BCUT2D eigenvalue weighted by atomic mass is 10.0. The van der Waals surface area contributed by atoms with Crippen LogP contribution in [0.2, 0.25) is 0 Å². The lowest BCUT2D eigenvalue weighted by molar-refractivity contribution is -0.0717. The molecule has 2 aliphatic rings. The number of nitrogens with zero attached hydrogens (tertiary/aromatic N) is 2. The smallest absolute Gasteiger partial charge is 0.190 e. The molecule has 100 valence electrons. The first-order valence-corrected chi connectivity index (χ1v) is 6.82. The molecule has 0 spiro atoms. The standard InChI is InChI=1S/C15H19N3O/c1-11-7-12(3-4-14(11)16-2)15-9-18-6-5-17-8-13(18)10-19-15/h3-4,7,13,15,17H,5-6,8-10H2,1H3/t13-,15+/m0/s1. The number of aryl methyl sites for hydroxylation is 1. The molecule has 2 atom stereocenters. The maximum absolute atomic E-state index is 7.10. The Kier molecular flexibility index (Phi) is 3.52. The second-order valence-corrected chi connectivity index (χ2v) is 5.33. The van der Waals surface area contributed by atoms with Crippen LogP contribution in [0.15, 0.2) is 18.2 Å². The van der Waals surface area contributed by atoms with Gasteiger partial charge in [0.15, 0.2) is 5.69 Å². The molecule has 0 aliphatic carbocycles. The van der Waals surface area contributed by atoms with Gasteiger partial charge in [0.1, 0.15) is 0 Å². The van der Waals surface area contributed by atoms with Crippen molar-refractivity contribution in [1.29, 1.82) is 0 Å². The minimum atomic E-state index is 0.146. The Morgan fingerprint density at radius 2 is 2.37 bits per heavy atom. The van der Waals surface area contributed by atoms with E-state index >= 15 is 0 Å². The topological polar surface area (TPSA) is 28.9 Å². The molecule has 4 heteroatoms. The molecule has 19 heavy (non-hydrogen) atoms. The summed E-state index contributed by atoms with van der Waals surface area (Å²) < 4.78 is 6.00. The molecule has 1 aromatic carbocycles. The van der Waals surface area contributed by atoms with E-state index < -0.39 is 0 Å². The Balaban J connectivity index is 1.76. The third-order valence-electron chi connectivity index (χ3n) is 4.08. The number of rotatable bonds is 1. The fraction of sp³-hybridized carbons (Fsp3) is 0.533. The van der Waals surface area contributed by atoms with Gasteiger partial charge in [0.25, 0.3) is 0 Å². The molecule has 0 unspecified atom stereocenters. The number of morpholine rings is 1. The van der Waals surface area contributed by atoms with Crippen LogP contribution < -0.4 is 5.32 Å². The molecule has 1 aromatic rings. The summed E-state index contributed by atoms with van der Waals surface area (Å²) in [6.07, 6.45) is 0.146. The zero-order valence-electron chi connectivity index (χ0n) is 11.2. The van der Waals surface area contributed by atoms with E-state index in [1.165, 1.54) is 5.56 Å². The zero-order valence-corrected chi connectivity index (χ0v) is 11.2. The van der Waals surface area contributed by atoms with Crippen molar-refractivity contribution in [2.24, 2.45) is 0 Å². The van der Waals surface area contributed by atoms with E-state index in [1.54, 1.807) is 0 Å². The molecular formula is C15H19N3O. The summed E-state index contributed by atoms with van der Waals surface area (Å²) in [6.45, 7) is 14.0. The van der Waals surface area contributed by atoms with Gasteiger partial charge < -0.3 is 10.1 Å². The Labute approximate surface area is 114 Å². The number of hydrogen-bond acceptors (Lipinski definition) is 3. The number of benzene rings is 1. The fourth-order valence-corrected chi connectivity index (χ4v) is 2.91. The molecule has 2 aliphatic heterocycles. The van der Waals surface area contributed by atoms with E-state index in [2.05, 4.69) is 21.1 Å². The van der Waals surface area contributed by atoms with E-state index in [9.17, 15) is 0 Å². The molecule has 0 bridgehead atoms. The Bertz CT molecular complexity index is 509. The summed E-state index contributed by atoms with van der Waals surface area (Å²) in [4.78, 5) is 6.03. The highest BCUT2D eigenvalue weighted by molar-refractivity contribution is 5.53. The molecule has 2 fully saturated rings. The predicted molar refractivity (Wildman–Crippen MR) is 74.4 cm³/mol. The molecule has 4 nitrogen and oxygen atoms in total. The van der Waals surface area contributed by atoms with Crippen LogP contribution in [-0.2, 0) is 4.74 Å². The van der Waals surface area contributed by atoms with Gasteiger partial charge in [-0.1, -0.05) is 18.2 Å². The summed E-state index contributed by atoms with van der Waals surface area (Å²) in [7, 11) is 0. The highest BCUT2D eigenvalue weighted by atomic mass is 16.5. The van der Waals surface area contributed by atoms with Crippen LogP contribution in [0.1, 0.15) is 17.2 Å². The van der Waals surface area contributed by atoms with Gasteiger partial charge in [-0.3, -0.25) is 4.90 Å². The number of fused-ring (bicyclic) bond motifs is 1. The van der Waals surface area contributed by atoms with Gasteiger partial charge in [-0.15, -0.1) is 0 Å². The van der Waals surface area contributed by atoms with Crippen LogP contribution in [0.3, 0.4) is 0 Å². The molecule has 0 saturated carbocycles. The minimum absolute atomic E-state index is 0.146. The molecule has 0 amide bonds. The van der Waals surface area contributed by atoms with Gasteiger partial charge in [0.2, 0.25) is 0 Å². The highest BCUT2D eigenvalue weighted by Gasteiger charge is 2.31. The number of piperazine rings is 1. The first kappa shape index (κ1) is 12.6. The SMILES string of the molecule is [C-]#[N+]c1ccc([C@H]2CN3CCNC[C@H]3CO2)cc1C. The molecule has 1 N–H and O–H groups in total. The monoisotopic (exact) mass is 257 g/mol. The fourth-order valence-electron chi connectivity index (χ4n) is 2.91. The Morgan fingerprint density at radius 1 is 1.47 bits per heavy atom. The average Bonchev–Trinajstić information content (AvgIpc) is 2.46. The third-order valence-corrected chi connectivity index (χ3v) is 4.08. The molecule has 0 aromatic heterocycles. The van der Waals surface area contributed by atoms with Crippen molar-refractivity contribution >= 4 is 5.69 Å². The normalized spacial score (nSPS) is 27.6. The second-order valence-electron chi connectivity index (χ2n) is 5.33. The molecule has 3 rings (SSSR count). The summed E-state index contributed by atoms with van der Waals surface area (Å²) in [6, 6.07) is 6.56. The maximum Gasteiger partial charge on any atom is 0.190 e. The largest absolute Gasteiger partial charge is 0.371 e. The lowest BCUT2D eigenvalue weighted by Gasteiger charge is -2.42. The molecule has 0 radical (unpaired) electrons. The highest BCUT2D eigenvalue weighted by Crippen LogP contribution is 2.29. The van der Waals surface area contributed by atoms with Crippen molar-refractivity contribution in [2.45, 2.75) is 19.1 Å². The Hall–Kier alpha value is -1.41. The van der Waals surface area contributed by atoms with Crippen LogP contribution in [0.5, 0.6) is 0 Å². The van der Waals surface area contributed by atoms with Gasteiger partial charge in [-0.2, -0.15) is 0 Å². The first-order chi connectivity index (χ1) is 9.28. The zero-order chi connectivity index (χ0) is 13.2. The van der Waals surface area contributed by atoms with Gasteiger partial charge in [0.05, 0.1) is 19.3 Å². The summed E-state index contributed by atoms with van der Waals surface area (Å²) in [5.41, 5.74) is 2.97. The van der Waals surface area contributed by atoms with Crippen molar-refractivity contribution in [3.63, 3.8) is 0 Å². The number of nitrogens with one attached hydrogen (secondary N) is 1. The third kappa shape index (κ3) is 2.50. The lowest BCUT2D eigenvalue weighted by Crippen LogP contribution is -2.57. The Morgan fingerprint density at radius 3 is 3.16 bits per heavy atom. The molecule has 2 saturated heterocycles. The van der Waals surface area contributed by atoms with Gasteiger partial charge >= 0.3 is 0 Å². The van der Waals surface area contributed by atoms with Crippen molar-refractivity contribution < 1.29 is 4.74 Å². The molecule has 2 heterocycles. The van der Waals surface area contributed by atoms with E-state index in [-0.39, 0.29) is 6.10 Å². The van der Waals surface area contributed by atoms with E-state index in [0.29, 0.717) is 6.04 Å². The number of hydrogen-bond donors (Lipinski definition) is 1. The van der Waals surface area contributed by atoms with Crippen molar-refractivity contribution in [3.8, 4) is 0 Å². The summed E-state index contributed by atoms with van der Waals surface area (Å²) >= 11 is 0. The van der Waals surface area contributed by atoms with Crippen molar-refractivity contribution in [2.75, 3.05) is 32.8 Å². The van der Waals surface area contributed by atoms with Crippen LogP contribution in [-0.4, -0.2) is 43.7 Å². The maximum atomic E-state index is 7.10. The van der Waals surface area contributed by atoms with Crippen LogP contribution >= 0.6 is 0 Å². The van der Waals surface area contributed by atoms with E-state index in [4.69, 9.17) is 11.3 Å². The van der Waals surface area contributed by atoms with Gasteiger partial charge in [0, 0.05) is 32.2 Å². The van der Waals surface area contributed by atoms with Crippen molar-refractivity contribution in [3.05, 3.63) is 40.7 Å².